The normalized spacial score (nSPS) is 13.4. The summed E-state index contributed by atoms with van der Waals surface area (Å²) >= 11 is 0. The van der Waals surface area contributed by atoms with E-state index in [-0.39, 0.29) is 6.61 Å². The van der Waals surface area contributed by atoms with Crippen LogP contribution in [0, 0.1) is 0 Å². The highest BCUT2D eigenvalue weighted by Crippen LogP contribution is 2.31. The molecule has 1 rings (SSSR count). The molecule has 96 valence electrons. The zero-order valence-electron chi connectivity index (χ0n) is 10.6. The third-order valence-electron chi connectivity index (χ3n) is 2.63. The van der Waals surface area contributed by atoms with Crippen LogP contribution in [0.1, 0.15) is 12.0 Å². The van der Waals surface area contributed by atoms with Crippen LogP contribution in [0.25, 0.3) is 0 Å². The highest BCUT2D eigenvalue weighted by molar-refractivity contribution is 5.81. The number of benzene rings is 1. The molecule has 0 bridgehead atoms. The molecule has 0 radical (unpaired) electrons. The van der Waals surface area contributed by atoms with Gasteiger partial charge in [-0.15, -0.1) is 13.2 Å². The van der Waals surface area contributed by atoms with Gasteiger partial charge in [0.1, 0.15) is 0 Å². The first-order valence-electron chi connectivity index (χ1n) is 5.71. The second-order valence-corrected chi connectivity index (χ2v) is 3.78. The lowest BCUT2D eigenvalue weighted by atomic mass is 9.90. The summed E-state index contributed by atoms with van der Waals surface area (Å²) in [5, 5.41) is 0. The number of methoxy groups -OCH3 is 1. The molecule has 0 fully saturated rings. The molecule has 0 aliphatic carbocycles. The molecule has 0 amide bonds. The molecule has 1 aromatic carbocycles. The van der Waals surface area contributed by atoms with Crippen molar-refractivity contribution in [3.05, 3.63) is 61.2 Å². The summed E-state index contributed by atoms with van der Waals surface area (Å²) in [6.45, 7) is 7.54. The van der Waals surface area contributed by atoms with Crippen LogP contribution in [-0.2, 0) is 19.9 Å². The Kier molecular flexibility index (Phi) is 5.33. The van der Waals surface area contributed by atoms with Crippen LogP contribution in [-0.4, -0.2) is 19.7 Å². The smallest absolute Gasteiger partial charge is 0.343 e. The van der Waals surface area contributed by atoms with Gasteiger partial charge < -0.3 is 9.47 Å². The Morgan fingerprint density at radius 2 is 1.94 bits per heavy atom. The molecule has 1 aromatic rings. The lowest BCUT2D eigenvalue weighted by Gasteiger charge is -2.30. The quantitative estimate of drug-likeness (QED) is 0.548. The minimum absolute atomic E-state index is 0.262. The molecule has 3 nitrogen and oxygen atoms in total. The maximum absolute atomic E-state index is 12.1. The van der Waals surface area contributed by atoms with E-state index in [4.69, 9.17) is 9.47 Å². The van der Waals surface area contributed by atoms with E-state index >= 15 is 0 Å². The van der Waals surface area contributed by atoms with E-state index in [1.165, 1.54) is 7.11 Å². The second kappa shape index (κ2) is 6.77. The zero-order chi connectivity index (χ0) is 13.4. The van der Waals surface area contributed by atoms with Gasteiger partial charge in [0, 0.05) is 6.42 Å². The molecule has 0 aromatic heterocycles. The lowest BCUT2D eigenvalue weighted by molar-refractivity contribution is -0.169. The van der Waals surface area contributed by atoms with Gasteiger partial charge in [0.15, 0.2) is 5.60 Å². The Labute approximate surface area is 108 Å². The monoisotopic (exact) mass is 246 g/mol. The fourth-order valence-electron chi connectivity index (χ4n) is 1.80. The van der Waals surface area contributed by atoms with Crippen molar-refractivity contribution in [3.8, 4) is 0 Å². The summed E-state index contributed by atoms with van der Waals surface area (Å²) in [5.41, 5.74) is -0.398. The third-order valence-corrected chi connectivity index (χ3v) is 2.63. The summed E-state index contributed by atoms with van der Waals surface area (Å²) in [7, 11) is 1.35. The molecule has 18 heavy (non-hydrogen) atoms. The van der Waals surface area contributed by atoms with Gasteiger partial charge in [-0.25, -0.2) is 4.79 Å². The minimum atomic E-state index is -1.15. The van der Waals surface area contributed by atoms with Gasteiger partial charge in [0.2, 0.25) is 0 Å². The fourth-order valence-corrected chi connectivity index (χ4v) is 1.80. The Morgan fingerprint density at radius 3 is 2.44 bits per heavy atom. The zero-order valence-corrected chi connectivity index (χ0v) is 10.6. The van der Waals surface area contributed by atoms with Gasteiger partial charge in [0.05, 0.1) is 13.7 Å². The maximum Gasteiger partial charge on any atom is 0.343 e. The van der Waals surface area contributed by atoms with Crippen LogP contribution in [0.5, 0.6) is 0 Å². The van der Waals surface area contributed by atoms with Crippen molar-refractivity contribution in [2.24, 2.45) is 0 Å². The average molecular weight is 246 g/mol. The molecule has 0 aliphatic heterocycles. The molecular formula is C15H18O3. The van der Waals surface area contributed by atoms with Crippen molar-refractivity contribution < 1.29 is 14.3 Å². The van der Waals surface area contributed by atoms with E-state index in [2.05, 4.69) is 13.2 Å². The molecule has 0 aliphatic rings. The van der Waals surface area contributed by atoms with Crippen LogP contribution in [0.4, 0.5) is 0 Å². The molecule has 0 heterocycles. The molecule has 0 saturated heterocycles. The van der Waals surface area contributed by atoms with E-state index in [0.717, 1.165) is 5.56 Å². The van der Waals surface area contributed by atoms with Crippen molar-refractivity contribution >= 4 is 5.97 Å². The third kappa shape index (κ3) is 2.87. The Bertz CT molecular complexity index is 411. The summed E-state index contributed by atoms with van der Waals surface area (Å²) in [6, 6.07) is 9.26. The van der Waals surface area contributed by atoms with Gasteiger partial charge in [-0.3, -0.25) is 0 Å². The van der Waals surface area contributed by atoms with E-state index in [1.807, 2.05) is 30.3 Å². The first-order valence-corrected chi connectivity index (χ1v) is 5.71. The van der Waals surface area contributed by atoms with Gasteiger partial charge >= 0.3 is 5.97 Å². The van der Waals surface area contributed by atoms with Gasteiger partial charge in [-0.05, 0) is 5.56 Å². The predicted molar refractivity (Wildman–Crippen MR) is 71.1 cm³/mol. The summed E-state index contributed by atoms with van der Waals surface area (Å²) in [6.07, 6.45) is 3.59. The van der Waals surface area contributed by atoms with E-state index in [1.54, 1.807) is 12.2 Å². The fraction of sp³-hybridized carbons (Fsp3) is 0.267. The van der Waals surface area contributed by atoms with E-state index < -0.39 is 11.6 Å². The number of hydrogen-bond acceptors (Lipinski definition) is 3. The van der Waals surface area contributed by atoms with Crippen molar-refractivity contribution in [2.45, 2.75) is 12.0 Å². The Hall–Kier alpha value is -1.87. The van der Waals surface area contributed by atoms with Gasteiger partial charge in [-0.1, -0.05) is 42.5 Å². The van der Waals surface area contributed by atoms with Gasteiger partial charge in [-0.2, -0.15) is 0 Å². The summed E-state index contributed by atoms with van der Waals surface area (Å²) in [4.78, 5) is 12.1. The molecule has 0 saturated carbocycles. The molecule has 0 N–H and O–H groups in total. The molecule has 3 heteroatoms. The molecule has 0 spiro atoms. The van der Waals surface area contributed by atoms with Crippen LogP contribution in [0.15, 0.2) is 55.6 Å². The Balaban J connectivity index is 3.22. The number of carbonyl (C=O) groups excluding carboxylic acids is 1. The second-order valence-electron chi connectivity index (χ2n) is 3.78. The van der Waals surface area contributed by atoms with Crippen molar-refractivity contribution in [3.63, 3.8) is 0 Å². The average Bonchev–Trinajstić information content (AvgIpc) is 2.43. The molecule has 0 unspecified atom stereocenters. The highest BCUT2D eigenvalue weighted by atomic mass is 16.6. The summed E-state index contributed by atoms with van der Waals surface area (Å²) < 4.78 is 10.6. The maximum atomic E-state index is 12.1. The number of carbonyl (C=O) groups is 1. The first-order chi connectivity index (χ1) is 8.71. The van der Waals surface area contributed by atoms with Crippen LogP contribution >= 0.6 is 0 Å². The number of ether oxygens (including phenoxy) is 2. The number of rotatable bonds is 7. The van der Waals surface area contributed by atoms with Gasteiger partial charge in [0.25, 0.3) is 0 Å². The van der Waals surface area contributed by atoms with E-state index in [0.29, 0.717) is 6.42 Å². The van der Waals surface area contributed by atoms with Crippen LogP contribution < -0.4 is 0 Å². The predicted octanol–water partition coefficient (Wildman–Crippen LogP) is 2.83. The molecular weight excluding hydrogens is 228 g/mol. The lowest BCUT2D eigenvalue weighted by Crippen LogP contribution is -2.39. The number of esters is 1. The number of hydrogen-bond donors (Lipinski definition) is 0. The summed E-state index contributed by atoms with van der Waals surface area (Å²) in [5.74, 6) is -0.435. The minimum Gasteiger partial charge on any atom is -0.467 e. The van der Waals surface area contributed by atoms with Crippen molar-refractivity contribution in [1.29, 1.82) is 0 Å². The van der Waals surface area contributed by atoms with Crippen molar-refractivity contribution in [2.75, 3.05) is 13.7 Å². The Morgan fingerprint density at radius 1 is 1.28 bits per heavy atom. The van der Waals surface area contributed by atoms with Crippen molar-refractivity contribution in [1.82, 2.24) is 0 Å². The van der Waals surface area contributed by atoms with Crippen LogP contribution in [0.2, 0.25) is 0 Å². The van der Waals surface area contributed by atoms with E-state index in [9.17, 15) is 4.79 Å². The largest absolute Gasteiger partial charge is 0.467 e. The first kappa shape index (κ1) is 14.2. The highest BCUT2D eigenvalue weighted by Gasteiger charge is 2.41. The molecule has 1 atom stereocenters. The van der Waals surface area contributed by atoms with Crippen LogP contribution in [0.3, 0.4) is 0 Å². The topological polar surface area (TPSA) is 35.5 Å². The SMILES string of the molecule is C=CCO[C@@](CC=C)(C(=O)OC)c1ccccc1. The standard InChI is InChI=1S/C15H18O3/c1-4-11-15(14(16)17-3,18-12-5-2)13-9-7-6-8-10-13/h4-10H,1-2,11-12H2,3H3/t15-/m1/s1.